The molecule has 0 radical (unpaired) electrons. The first-order chi connectivity index (χ1) is 14.1. The summed E-state index contributed by atoms with van der Waals surface area (Å²) in [6, 6.07) is 12.2. The van der Waals surface area contributed by atoms with Gasteiger partial charge in [-0.15, -0.1) is 11.3 Å². The van der Waals surface area contributed by atoms with Gasteiger partial charge in [0.2, 0.25) is 4.80 Å². The topological polar surface area (TPSA) is 48.1 Å². The normalized spacial score (nSPS) is 12.2. The van der Waals surface area contributed by atoms with Crippen molar-refractivity contribution in [1.82, 2.24) is 4.68 Å². The van der Waals surface area contributed by atoms with Crippen molar-refractivity contribution in [2.75, 3.05) is 20.3 Å². The molecule has 152 valence electrons. The van der Waals surface area contributed by atoms with E-state index in [0.29, 0.717) is 18.0 Å². The number of hydrogen-bond donors (Lipinski definition) is 0. The first kappa shape index (κ1) is 20.8. The molecule has 1 aromatic heterocycles. The Morgan fingerprint density at radius 3 is 2.48 bits per heavy atom. The molecule has 1 heterocycles. The molecule has 0 fully saturated rings. The summed E-state index contributed by atoms with van der Waals surface area (Å²) in [6.45, 7) is -1.95. The summed E-state index contributed by atoms with van der Waals surface area (Å²) in [6.07, 6.45) is 1.60. The SMILES string of the molecule is COCCN=c1scc(-c2ccc(OC(F)F)cc2)n1N=Cc1ccc(F)cc1. The van der Waals surface area contributed by atoms with Crippen molar-refractivity contribution in [3.05, 3.63) is 70.1 Å². The van der Waals surface area contributed by atoms with E-state index in [0.717, 1.165) is 16.8 Å². The number of hydrogen-bond acceptors (Lipinski definition) is 5. The summed E-state index contributed by atoms with van der Waals surface area (Å²) in [5.74, 6) is -0.252. The van der Waals surface area contributed by atoms with E-state index in [4.69, 9.17) is 4.74 Å². The zero-order valence-electron chi connectivity index (χ0n) is 15.5. The van der Waals surface area contributed by atoms with E-state index in [-0.39, 0.29) is 11.6 Å². The number of benzene rings is 2. The van der Waals surface area contributed by atoms with Crippen LogP contribution in [0.25, 0.3) is 11.3 Å². The van der Waals surface area contributed by atoms with Crippen LogP contribution in [-0.4, -0.2) is 37.8 Å². The molecular formula is C20H18F3N3O2S. The fraction of sp³-hybridized carbons (Fsp3) is 0.200. The minimum atomic E-state index is -2.88. The third-order valence-electron chi connectivity index (χ3n) is 3.80. The van der Waals surface area contributed by atoms with Crippen LogP contribution in [0.2, 0.25) is 0 Å². The fourth-order valence-electron chi connectivity index (χ4n) is 2.43. The summed E-state index contributed by atoms with van der Waals surface area (Å²) in [5, 5.41) is 6.36. The van der Waals surface area contributed by atoms with Gasteiger partial charge in [0.1, 0.15) is 11.6 Å². The van der Waals surface area contributed by atoms with Gasteiger partial charge in [0.15, 0.2) is 0 Å². The number of rotatable bonds is 8. The zero-order valence-corrected chi connectivity index (χ0v) is 16.3. The quantitative estimate of drug-likeness (QED) is 0.400. The first-order valence-corrected chi connectivity index (χ1v) is 9.50. The number of methoxy groups -OCH3 is 1. The molecule has 0 bridgehead atoms. The molecule has 0 aliphatic carbocycles. The van der Waals surface area contributed by atoms with Gasteiger partial charge in [0, 0.05) is 18.1 Å². The Morgan fingerprint density at radius 2 is 1.83 bits per heavy atom. The van der Waals surface area contributed by atoms with E-state index in [9.17, 15) is 13.2 Å². The van der Waals surface area contributed by atoms with Crippen molar-refractivity contribution >= 4 is 17.6 Å². The van der Waals surface area contributed by atoms with E-state index in [1.807, 2.05) is 5.38 Å². The van der Waals surface area contributed by atoms with Crippen LogP contribution in [0.3, 0.4) is 0 Å². The third kappa shape index (κ3) is 5.78. The highest BCUT2D eigenvalue weighted by atomic mass is 32.1. The molecule has 0 aliphatic rings. The van der Waals surface area contributed by atoms with Crippen molar-refractivity contribution in [2.24, 2.45) is 10.1 Å². The minimum absolute atomic E-state index is 0.0744. The van der Waals surface area contributed by atoms with Crippen LogP contribution in [0.15, 0.2) is 64.0 Å². The Morgan fingerprint density at radius 1 is 1.10 bits per heavy atom. The average Bonchev–Trinajstić information content (AvgIpc) is 3.11. The predicted octanol–water partition coefficient (Wildman–Crippen LogP) is 4.39. The van der Waals surface area contributed by atoms with Gasteiger partial charge in [-0.05, 0) is 42.0 Å². The molecule has 0 aliphatic heterocycles. The van der Waals surface area contributed by atoms with Crippen molar-refractivity contribution in [1.29, 1.82) is 0 Å². The molecule has 0 amide bonds. The largest absolute Gasteiger partial charge is 0.435 e. The molecule has 3 rings (SSSR count). The van der Waals surface area contributed by atoms with Crippen LogP contribution < -0.4 is 9.54 Å². The van der Waals surface area contributed by atoms with Gasteiger partial charge < -0.3 is 9.47 Å². The molecule has 5 nitrogen and oxygen atoms in total. The summed E-state index contributed by atoms with van der Waals surface area (Å²) in [4.78, 5) is 5.13. The summed E-state index contributed by atoms with van der Waals surface area (Å²) in [5.41, 5.74) is 2.21. The maximum absolute atomic E-state index is 13.1. The number of thiazole rings is 1. The lowest BCUT2D eigenvalue weighted by atomic mass is 10.2. The van der Waals surface area contributed by atoms with Crippen molar-refractivity contribution in [3.8, 4) is 17.0 Å². The number of aromatic nitrogens is 1. The lowest BCUT2D eigenvalue weighted by molar-refractivity contribution is -0.0498. The number of alkyl halides is 2. The Hall–Kier alpha value is -2.91. The maximum Gasteiger partial charge on any atom is 0.387 e. The van der Waals surface area contributed by atoms with Crippen molar-refractivity contribution in [3.63, 3.8) is 0 Å². The molecule has 0 unspecified atom stereocenters. The van der Waals surface area contributed by atoms with Gasteiger partial charge in [-0.3, -0.25) is 4.99 Å². The van der Waals surface area contributed by atoms with Gasteiger partial charge in [0.05, 0.1) is 25.1 Å². The minimum Gasteiger partial charge on any atom is -0.435 e. The van der Waals surface area contributed by atoms with Crippen LogP contribution >= 0.6 is 11.3 Å². The highest BCUT2D eigenvalue weighted by Crippen LogP contribution is 2.24. The molecule has 3 aromatic rings. The van der Waals surface area contributed by atoms with Gasteiger partial charge >= 0.3 is 6.61 Å². The third-order valence-corrected chi connectivity index (χ3v) is 4.65. The summed E-state index contributed by atoms with van der Waals surface area (Å²) < 4.78 is 48.9. The van der Waals surface area contributed by atoms with Gasteiger partial charge in [0.25, 0.3) is 0 Å². The average molecular weight is 421 g/mol. The van der Waals surface area contributed by atoms with Gasteiger partial charge in [-0.2, -0.15) is 13.9 Å². The molecule has 0 saturated carbocycles. The molecular weight excluding hydrogens is 403 g/mol. The van der Waals surface area contributed by atoms with E-state index >= 15 is 0 Å². The molecule has 0 spiro atoms. The van der Waals surface area contributed by atoms with E-state index in [2.05, 4.69) is 14.8 Å². The Kier molecular flexibility index (Phi) is 7.20. The molecule has 0 N–H and O–H groups in total. The second-order valence-electron chi connectivity index (χ2n) is 5.79. The maximum atomic E-state index is 13.1. The summed E-state index contributed by atoms with van der Waals surface area (Å²) >= 11 is 1.39. The van der Waals surface area contributed by atoms with Gasteiger partial charge in [-0.1, -0.05) is 12.1 Å². The van der Waals surface area contributed by atoms with E-state index < -0.39 is 6.61 Å². The number of nitrogens with zero attached hydrogens (tertiary/aromatic N) is 3. The van der Waals surface area contributed by atoms with Crippen LogP contribution in [0, 0.1) is 5.82 Å². The van der Waals surface area contributed by atoms with E-state index in [1.54, 1.807) is 42.3 Å². The van der Waals surface area contributed by atoms with Crippen LogP contribution in [0.5, 0.6) is 5.75 Å². The predicted molar refractivity (Wildman–Crippen MR) is 106 cm³/mol. The molecule has 0 atom stereocenters. The van der Waals surface area contributed by atoms with Crippen LogP contribution in [-0.2, 0) is 4.74 Å². The fourth-order valence-corrected chi connectivity index (χ4v) is 3.29. The monoisotopic (exact) mass is 421 g/mol. The molecule has 29 heavy (non-hydrogen) atoms. The lowest BCUT2D eigenvalue weighted by Crippen LogP contribution is -2.13. The molecule has 9 heteroatoms. The Balaban J connectivity index is 1.96. The summed E-state index contributed by atoms with van der Waals surface area (Å²) in [7, 11) is 1.60. The second-order valence-corrected chi connectivity index (χ2v) is 6.63. The van der Waals surface area contributed by atoms with Gasteiger partial charge in [-0.25, -0.2) is 9.07 Å². The van der Waals surface area contributed by atoms with Crippen LogP contribution in [0.1, 0.15) is 5.56 Å². The smallest absolute Gasteiger partial charge is 0.387 e. The lowest BCUT2D eigenvalue weighted by Gasteiger charge is -2.07. The number of halogens is 3. The Bertz CT molecular complexity index is 1010. The highest BCUT2D eigenvalue weighted by Gasteiger charge is 2.09. The number of ether oxygens (including phenoxy) is 2. The first-order valence-electron chi connectivity index (χ1n) is 8.62. The standard InChI is InChI=1S/C20H18F3N3O2S/c1-27-11-10-24-20-26(25-12-14-2-6-16(21)7-3-14)18(13-29-20)15-4-8-17(9-5-15)28-19(22)23/h2-9,12-13,19H,10-11H2,1H3. The second kappa shape index (κ2) is 10.0. The van der Waals surface area contributed by atoms with Crippen molar-refractivity contribution < 1.29 is 22.6 Å². The molecule has 2 aromatic carbocycles. The van der Waals surface area contributed by atoms with Crippen LogP contribution in [0.4, 0.5) is 13.2 Å². The highest BCUT2D eigenvalue weighted by molar-refractivity contribution is 7.07. The van der Waals surface area contributed by atoms with Crippen molar-refractivity contribution in [2.45, 2.75) is 6.61 Å². The Labute approximate surface area is 169 Å². The zero-order chi connectivity index (χ0) is 20.6. The molecule has 0 saturated heterocycles. The van der Waals surface area contributed by atoms with E-state index in [1.165, 1.54) is 35.6 Å².